The maximum Gasteiger partial charge on any atom is 0.354 e. The Balaban J connectivity index is 2.13. The van der Waals surface area contributed by atoms with Gasteiger partial charge in [0.05, 0.1) is 19.4 Å². The standard InChI is InChI=1S/C18H20N2O3/c1-3-23-18(21)17(13-14-7-5-4-6-8-14)20-19-15-9-11-16(22-2)12-10-15/h4-12,19H,3,13H2,1-2H3/b20-17+. The molecule has 0 aliphatic rings. The van der Waals surface area contributed by atoms with Crippen molar-refractivity contribution >= 4 is 17.4 Å². The third-order valence-corrected chi connectivity index (χ3v) is 3.14. The monoisotopic (exact) mass is 312 g/mol. The number of carbonyl (C=O) groups excluding carboxylic acids is 1. The fourth-order valence-corrected chi connectivity index (χ4v) is 1.96. The van der Waals surface area contributed by atoms with Gasteiger partial charge in [0.15, 0.2) is 0 Å². The molecule has 5 heteroatoms. The molecule has 0 heterocycles. The van der Waals surface area contributed by atoms with Crippen LogP contribution in [0.15, 0.2) is 59.7 Å². The molecule has 0 unspecified atom stereocenters. The molecule has 0 saturated carbocycles. The molecule has 0 atom stereocenters. The van der Waals surface area contributed by atoms with E-state index in [-0.39, 0.29) is 0 Å². The lowest BCUT2D eigenvalue weighted by Gasteiger charge is -2.08. The van der Waals surface area contributed by atoms with E-state index < -0.39 is 5.97 Å². The first-order valence-electron chi connectivity index (χ1n) is 7.40. The lowest BCUT2D eigenvalue weighted by atomic mass is 10.1. The van der Waals surface area contributed by atoms with Crippen LogP contribution < -0.4 is 10.2 Å². The first kappa shape index (κ1) is 16.5. The topological polar surface area (TPSA) is 59.9 Å². The number of ether oxygens (including phenoxy) is 2. The zero-order valence-corrected chi connectivity index (χ0v) is 13.3. The van der Waals surface area contributed by atoms with Gasteiger partial charge in [-0.25, -0.2) is 4.79 Å². The van der Waals surface area contributed by atoms with Crippen LogP contribution in [0.25, 0.3) is 0 Å². The first-order valence-corrected chi connectivity index (χ1v) is 7.40. The number of esters is 1. The largest absolute Gasteiger partial charge is 0.497 e. The first-order chi connectivity index (χ1) is 11.2. The lowest BCUT2D eigenvalue weighted by Crippen LogP contribution is -2.21. The Morgan fingerprint density at radius 2 is 1.78 bits per heavy atom. The van der Waals surface area contributed by atoms with Crippen LogP contribution in [0, 0.1) is 0 Å². The Kier molecular flexibility index (Phi) is 6.17. The number of nitrogens with zero attached hydrogens (tertiary/aromatic N) is 1. The zero-order valence-electron chi connectivity index (χ0n) is 13.3. The minimum atomic E-state index is -0.419. The molecule has 1 N–H and O–H groups in total. The summed E-state index contributed by atoms with van der Waals surface area (Å²) in [7, 11) is 1.61. The Hall–Kier alpha value is -2.82. The summed E-state index contributed by atoms with van der Waals surface area (Å²) in [6.07, 6.45) is 0.406. The van der Waals surface area contributed by atoms with Crippen molar-refractivity contribution in [2.75, 3.05) is 19.1 Å². The van der Waals surface area contributed by atoms with Gasteiger partial charge in [-0.2, -0.15) is 5.10 Å². The van der Waals surface area contributed by atoms with Crippen LogP contribution in [0.4, 0.5) is 5.69 Å². The van der Waals surface area contributed by atoms with Gasteiger partial charge >= 0.3 is 5.97 Å². The summed E-state index contributed by atoms with van der Waals surface area (Å²) in [4.78, 5) is 12.1. The molecule has 0 fully saturated rings. The average Bonchev–Trinajstić information content (AvgIpc) is 2.60. The Bertz CT molecular complexity index is 652. The predicted octanol–water partition coefficient (Wildman–Crippen LogP) is 3.27. The quantitative estimate of drug-likeness (QED) is 0.484. The molecule has 0 aliphatic heterocycles. The minimum absolute atomic E-state index is 0.315. The maximum atomic E-state index is 12.1. The van der Waals surface area contributed by atoms with E-state index >= 15 is 0 Å². The smallest absolute Gasteiger partial charge is 0.354 e. The number of methoxy groups -OCH3 is 1. The molecule has 2 rings (SSSR count). The van der Waals surface area contributed by atoms with Crippen LogP contribution in [0.3, 0.4) is 0 Å². The van der Waals surface area contributed by atoms with E-state index in [0.29, 0.717) is 18.7 Å². The normalized spacial score (nSPS) is 11.0. The van der Waals surface area contributed by atoms with Gasteiger partial charge in [-0.1, -0.05) is 30.3 Å². The highest BCUT2D eigenvalue weighted by molar-refractivity contribution is 6.37. The molecule has 0 radical (unpaired) electrons. The second-order valence-electron chi connectivity index (χ2n) is 4.78. The third kappa shape index (κ3) is 5.14. The summed E-state index contributed by atoms with van der Waals surface area (Å²) < 4.78 is 10.2. The summed E-state index contributed by atoms with van der Waals surface area (Å²) in [6, 6.07) is 17.0. The van der Waals surface area contributed by atoms with E-state index in [2.05, 4.69) is 10.5 Å². The highest BCUT2D eigenvalue weighted by Gasteiger charge is 2.13. The number of carbonyl (C=O) groups is 1. The summed E-state index contributed by atoms with van der Waals surface area (Å²) in [5.41, 5.74) is 4.98. The van der Waals surface area contributed by atoms with Crippen molar-refractivity contribution in [1.82, 2.24) is 0 Å². The Morgan fingerprint density at radius 1 is 1.09 bits per heavy atom. The van der Waals surface area contributed by atoms with Gasteiger partial charge < -0.3 is 9.47 Å². The third-order valence-electron chi connectivity index (χ3n) is 3.14. The number of anilines is 1. The summed E-state index contributed by atoms with van der Waals surface area (Å²) >= 11 is 0. The lowest BCUT2D eigenvalue weighted by molar-refractivity contribution is -0.135. The predicted molar refractivity (Wildman–Crippen MR) is 90.8 cm³/mol. The molecule has 0 saturated heterocycles. The van der Waals surface area contributed by atoms with Crippen molar-refractivity contribution in [3.8, 4) is 5.75 Å². The molecule has 2 aromatic carbocycles. The molecule has 2 aromatic rings. The van der Waals surface area contributed by atoms with Crippen molar-refractivity contribution in [2.24, 2.45) is 5.10 Å². The highest BCUT2D eigenvalue weighted by Crippen LogP contribution is 2.15. The van der Waals surface area contributed by atoms with Gasteiger partial charge in [-0.3, -0.25) is 5.43 Å². The number of hydrazone groups is 1. The van der Waals surface area contributed by atoms with E-state index in [9.17, 15) is 4.79 Å². The van der Waals surface area contributed by atoms with E-state index in [1.165, 1.54) is 0 Å². The fourth-order valence-electron chi connectivity index (χ4n) is 1.96. The van der Waals surface area contributed by atoms with Gasteiger partial charge in [-0.05, 0) is 36.8 Å². The van der Waals surface area contributed by atoms with Crippen molar-refractivity contribution in [2.45, 2.75) is 13.3 Å². The van der Waals surface area contributed by atoms with E-state index in [4.69, 9.17) is 9.47 Å². The Labute approximate surface area is 135 Å². The van der Waals surface area contributed by atoms with Crippen molar-refractivity contribution < 1.29 is 14.3 Å². The zero-order chi connectivity index (χ0) is 16.5. The summed E-state index contributed by atoms with van der Waals surface area (Å²) in [5, 5.41) is 4.21. The summed E-state index contributed by atoms with van der Waals surface area (Å²) in [6.45, 7) is 2.09. The molecular weight excluding hydrogens is 292 g/mol. The van der Waals surface area contributed by atoms with Crippen molar-refractivity contribution in [3.05, 3.63) is 60.2 Å². The second kappa shape index (κ2) is 8.58. The van der Waals surface area contributed by atoms with Crippen LogP contribution in [0.2, 0.25) is 0 Å². The molecule has 0 spiro atoms. The van der Waals surface area contributed by atoms with Gasteiger partial charge in [0.1, 0.15) is 11.5 Å². The van der Waals surface area contributed by atoms with Gasteiger partial charge in [0.25, 0.3) is 0 Å². The number of hydrogen-bond acceptors (Lipinski definition) is 5. The van der Waals surface area contributed by atoms with Gasteiger partial charge in [0.2, 0.25) is 0 Å². The van der Waals surface area contributed by atoms with Crippen molar-refractivity contribution in [3.63, 3.8) is 0 Å². The van der Waals surface area contributed by atoms with Crippen LogP contribution in [-0.4, -0.2) is 25.4 Å². The number of benzene rings is 2. The molecule has 0 aliphatic carbocycles. The number of rotatable bonds is 7. The van der Waals surface area contributed by atoms with Crippen molar-refractivity contribution in [1.29, 1.82) is 0 Å². The molecule has 5 nitrogen and oxygen atoms in total. The molecule has 0 amide bonds. The van der Waals surface area contributed by atoms with Gasteiger partial charge in [-0.15, -0.1) is 0 Å². The van der Waals surface area contributed by atoms with Crippen LogP contribution in [0.1, 0.15) is 12.5 Å². The summed E-state index contributed by atoms with van der Waals surface area (Å²) in [5.74, 6) is 0.340. The maximum absolute atomic E-state index is 12.1. The minimum Gasteiger partial charge on any atom is -0.497 e. The van der Waals surface area contributed by atoms with Crippen LogP contribution in [0.5, 0.6) is 5.75 Å². The molecule has 0 aromatic heterocycles. The molecule has 0 bridgehead atoms. The molecule has 120 valence electrons. The Morgan fingerprint density at radius 3 is 2.39 bits per heavy atom. The van der Waals surface area contributed by atoms with E-state index in [1.54, 1.807) is 14.0 Å². The fraction of sp³-hybridized carbons (Fsp3) is 0.222. The van der Waals surface area contributed by atoms with Crippen LogP contribution >= 0.6 is 0 Å². The number of nitrogens with one attached hydrogen (secondary N) is 1. The molecule has 23 heavy (non-hydrogen) atoms. The highest BCUT2D eigenvalue weighted by atomic mass is 16.5. The average molecular weight is 312 g/mol. The number of hydrogen-bond donors (Lipinski definition) is 1. The SMILES string of the molecule is CCOC(=O)/C(Cc1ccccc1)=N/Nc1ccc(OC)cc1. The van der Waals surface area contributed by atoms with Gasteiger partial charge in [0, 0.05) is 6.42 Å². The van der Waals surface area contributed by atoms with E-state index in [0.717, 1.165) is 17.0 Å². The van der Waals surface area contributed by atoms with Crippen LogP contribution in [-0.2, 0) is 16.0 Å². The second-order valence-corrected chi connectivity index (χ2v) is 4.78. The van der Waals surface area contributed by atoms with E-state index in [1.807, 2.05) is 54.6 Å². The molecular formula is C18H20N2O3.